The van der Waals surface area contributed by atoms with Gasteiger partial charge in [0.05, 0.1) is 24.9 Å². The van der Waals surface area contributed by atoms with Gasteiger partial charge < -0.3 is 14.2 Å². The van der Waals surface area contributed by atoms with Gasteiger partial charge in [-0.2, -0.15) is 0 Å². The second kappa shape index (κ2) is 5.75. The Kier molecular flexibility index (Phi) is 4.89. The first-order valence-corrected chi connectivity index (χ1v) is 5.81. The Morgan fingerprint density at radius 1 is 1.38 bits per heavy atom. The molecule has 0 aromatic heterocycles. The quantitative estimate of drug-likeness (QED) is 0.623. The molecule has 16 heavy (non-hydrogen) atoms. The first-order chi connectivity index (χ1) is 7.50. The Morgan fingerprint density at radius 3 is 2.56 bits per heavy atom. The number of ether oxygens (including phenoxy) is 3. The minimum atomic E-state index is -0.388. The van der Waals surface area contributed by atoms with Gasteiger partial charge in [0.25, 0.3) is 0 Å². The molecule has 0 aliphatic heterocycles. The van der Waals surface area contributed by atoms with Crippen molar-refractivity contribution in [2.24, 2.45) is 0 Å². The topological polar surface area (TPSA) is 44.8 Å². The van der Waals surface area contributed by atoms with Gasteiger partial charge in [0.15, 0.2) is 5.78 Å². The number of carbonyl (C=O) groups excluding carboxylic acids is 1. The molecule has 4 heteroatoms. The average molecular weight is 230 g/mol. The van der Waals surface area contributed by atoms with Gasteiger partial charge in [-0.15, -0.1) is 0 Å². The molecule has 0 heterocycles. The lowest BCUT2D eigenvalue weighted by Gasteiger charge is -2.39. The lowest BCUT2D eigenvalue weighted by atomic mass is 9.89. The van der Waals surface area contributed by atoms with E-state index in [1.54, 1.807) is 7.11 Å². The molecular formula is C12H22O4. The van der Waals surface area contributed by atoms with E-state index < -0.39 is 0 Å². The van der Waals surface area contributed by atoms with Crippen LogP contribution in [-0.4, -0.2) is 43.9 Å². The van der Waals surface area contributed by atoms with Gasteiger partial charge in [-0.25, -0.2) is 0 Å². The molecule has 0 radical (unpaired) electrons. The smallest absolute Gasteiger partial charge is 0.166 e. The molecule has 1 rings (SSSR count). The summed E-state index contributed by atoms with van der Waals surface area (Å²) in [5, 5.41) is 0. The molecule has 2 atom stereocenters. The Morgan fingerprint density at radius 2 is 2.06 bits per heavy atom. The molecule has 4 nitrogen and oxygen atoms in total. The predicted molar refractivity (Wildman–Crippen MR) is 60.5 cm³/mol. The molecule has 0 saturated heterocycles. The maximum absolute atomic E-state index is 11.4. The molecule has 94 valence electrons. The third-order valence-electron chi connectivity index (χ3n) is 2.96. The number of methoxy groups -OCH3 is 1. The fraction of sp³-hybridized carbons (Fsp3) is 0.917. The fourth-order valence-electron chi connectivity index (χ4n) is 1.52. The number of carbonyl (C=O) groups is 1. The van der Waals surface area contributed by atoms with Crippen molar-refractivity contribution in [3.63, 3.8) is 0 Å². The minimum Gasteiger partial charge on any atom is -0.382 e. The Balaban J connectivity index is 2.35. The molecule has 1 saturated carbocycles. The zero-order valence-corrected chi connectivity index (χ0v) is 10.6. The second-order valence-electron chi connectivity index (χ2n) is 4.72. The van der Waals surface area contributed by atoms with E-state index in [0.29, 0.717) is 19.6 Å². The first-order valence-electron chi connectivity index (χ1n) is 5.81. The highest BCUT2D eigenvalue weighted by Gasteiger charge is 2.43. The van der Waals surface area contributed by atoms with Crippen LogP contribution in [0.1, 0.15) is 33.6 Å². The van der Waals surface area contributed by atoms with Crippen LogP contribution in [0, 0.1) is 0 Å². The summed E-state index contributed by atoms with van der Waals surface area (Å²) in [5.41, 5.74) is -0.186. The van der Waals surface area contributed by atoms with Gasteiger partial charge >= 0.3 is 0 Å². The Bertz CT molecular complexity index is 237. The van der Waals surface area contributed by atoms with E-state index in [2.05, 4.69) is 6.92 Å². The minimum absolute atomic E-state index is 0.0840. The van der Waals surface area contributed by atoms with Crippen LogP contribution in [-0.2, 0) is 19.0 Å². The van der Waals surface area contributed by atoms with E-state index >= 15 is 0 Å². The van der Waals surface area contributed by atoms with Gasteiger partial charge in [-0.05, 0) is 20.3 Å². The summed E-state index contributed by atoms with van der Waals surface area (Å²) >= 11 is 0. The van der Waals surface area contributed by atoms with Crippen LogP contribution in [0.15, 0.2) is 0 Å². The van der Waals surface area contributed by atoms with Crippen molar-refractivity contribution in [2.45, 2.75) is 51.4 Å². The molecule has 1 fully saturated rings. The molecule has 0 aromatic rings. The van der Waals surface area contributed by atoms with Gasteiger partial charge in [0.2, 0.25) is 0 Å². The van der Waals surface area contributed by atoms with Crippen LogP contribution in [0.25, 0.3) is 0 Å². The van der Waals surface area contributed by atoms with Gasteiger partial charge in [0, 0.05) is 13.5 Å². The first kappa shape index (κ1) is 13.6. The van der Waals surface area contributed by atoms with Crippen molar-refractivity contribution < 1.29 is 19.0 Å². The maximum atomic E-state index is 11.4. The summed E-state index contributed by atoms with van der Waals surface area (Å²) in [5.74, 6) is 0.132. The van der Waals surface area contributed by atoms with Crippen LogP contribution in [0.5, 0.6) is 0 Å². The molecule has 0 N–H and O–H groups in total. The van der Waals surface area contributed by atoms with Crippen LogP contribution in [0.4, 0.5) is 0 Å². The Hall–Kier alpha value is -0.450. The third kappa shape index (κ3) is 3.54. The van der Waals surface area contributed by atoms with E-state index in [9.17, 15) is 4.79 Å². The fourth-order valence-corrected chi connectivity index (χ4v) is 1.52. The van der Waals surface area contributed by atoms with Crippen LogP contribution >= 0.6 is 0 Å². The molecule has 0 amide bonds. The van der Waals surface area contributed by atoms with Gasteiger partial charge in [-0.3, -0.25) is 4.79 Å². The zero-order valence-electron chi connectivity index (χ0n) is 10.6. The number of Topliss-reactive ketones (excluding diaryl/α,β-unsaturated/α-hetero) is 1. The monoisotopic (exact) mass is 230 g/mol. The highest BCUT2D eigenvalue weighted by atomic mass is 16.6. The summed E-state index contributed by atoms with van der Waals surface area (Å²) in [4.78, 5) is 11.4. The molecule has 0 bridgehead atoms. The molecule has 2 unspecified atom stereocenters. The third-order valence-corrected chi connectivity index (χ3v) is 2.96. The molecule has 0 spiro atoms. The number of rotatable bonds is 7. The molecule has 0 aromatic carbocycles. The van der Waals surface area contributed by atoms with E-state index in [0.717, 1.165) is 6.42 Å². The summed E-state index contributed by atoms with van der Waals surface area (Å²) in [6.45, 7) is 7.08. The maximum Gasteiger partial charge on any atom is 0.166 e. The van der Waals surface area contributed by atoms with Gasteiger partial charge in [-0.1, -0.05) is 6.92 Å². The lowest BCUT2D eigenvalue weighted by molar-refractivity contribution is -0.188. The van der Waals surface area contributed by atoms with Crippen LogP contribution < -0.4 is 0 Å². The normalized spacial score (nSPS) is 25.6. The SMILES string of the molecule is CCC(C)(C)OC1CC(=O)C1OCCOC. The average Bonchev–Trinajstić information content (AvgIpc) is 2.23. The molecule has 1 aliphatic carbocycles. The highest BCUT2D eigenvalue weighted by molar-refractivity contribution is 5.90. The van der Waals surface area contributed by atoms with E-state index in [4.69, 9.17) is 14.2 Å². The predicted octanol–water partition coefficient (Wildman–Crippen LogP) is 1.56. The summed E-state index contributed by atoms with van der Waals surface area (Å²) in [7, 11) is 1.61. The van der Waals surface area contributed by atoms with E-state index in [1.165, 1.54) is 0 Å². The highest BCUT2D eigenvalue weighted by Crippen LogP contribution is 2.28. The van der Waals surface area contributed by atoms with Crippen molar-refractivity contribution in [1.29, 1.82) is 0 Å². The lowest BCUT2D eigenvalue weighted by Crippen LogP contribution is -2.53. The van der Waals surface area contributed by atoms with E-state index in [-0.39, 0.29) is 23.6 Å². The summed E-state index contributed by atoms with van der Waals surface area (Å²) in [6.07, 6.45) is 0.920. The van der Waals surface area contributed by atoms with Crippen molar-refractivity contribution in [3.8, 4) is 0 Å². The Labute approximate surface area is 97.2 Å². The molecular weight excluding hydrogens is 208 g/mol. The van der Waals surface area contributed by atoms with Gasteiger partial charge in [0.1, 0.15) is 6.10 Å². The van der Waals surface area contributed by atoms with Crippen LogP contribution in [0.2, 0.25) is 0 Å². The summed E-state index contributed by atoms with van der Waals surface area (Å²) < 4.78 is 16.2. The van der Waals surface area contributed by atoms with Crippen LogP contribution in [0.3, 0.4) is 0 Å². The zero-order chi connectivity index (χ0) is 12.2. The molecule has 1 aliphatic rings. The van der Waals surface area contributed by atoms with Crippen molar-refractivity contribution in [3.05, 3.63) is 0 Å². The number of hydrogen-bond acceptors (Lipinski definition) is 4. The van der Waals surface area contributed by atoms with Crippen molar-refractivity contribution in [2.75, 3.05) is 20.3 Å². The van der Waals surface area contributed by atoms with E-state index in [1.807, 2.05) is 13.8 Å². The second-order valence-corrected chi connectivity index (χ2v) is 4.72. The standard InChI is InChI=1S/C12H22O4/c1-5-12(2,3)16-10-8-9(13)11(10)15-7-6-14-4/h10-11H,5-8H2,1-4H3. The largest absolute Gasteiger partial charge is 0.382 e. The van der Waals surface area contributed by atoms with Crippen molar-refractivity contribution >= 4 is 5.78 Å². The number of hydrogen-bond donors (Lipinski definition) is 0. The van der Waals surface area contributed by atoms with Crippen molar-refractivity contribution in [1.82, 2.24) is 0 Å². The summed E-state index contributed by atoms with van der Waals surface area (Å²) in [6, 6.07) is 0. The number of ketones is 1.